The van der Waals surface area contributed by atoms with Crippen LogP contribution in [0.15, 0.2) is 0 Å². The lowest BCUT2D eigenvalue weighted by molar-refractivity contribution is 0.0948. The zero-order chi connectivity index (χ0) is 15.4. The van der Waals surface area contributed by atoms with Crippen molar-refractivity contribution in [1.29, 1.82) is 0 Å². The molecule has 2 rings (SSSR count). The fourth-order valence-corrected chi connectivity index (χ4v) is 3.78. The van der Waals surface area contributed by atoms with E-state index in [-0.39, 0.29) is 17.8 Å². The number of thiazole rings is 1. The summed E-state index contributed by atoms with van der Waals surface area (Å²) in [6.45, 7) is 4.62. The summed E-state index contributed by atoms with van der Waals surface area (Å²) in [5, 5.41) is 3.54. The molecule has 2 atom stereocenters. The molecule has 21 heavy (non-hydrogen) atoms. The Hall–Kier alpha value is -1.19. The molecule has 0 saturated carbocycles. The molecule has 0 radical (unpaired) electrons. The smallest absolute Gasteiger partial charge is 0.265 e. The number of amides is 1. The van der Waals surface area contributed by atoms with E-state index in [2.05, 4.69) is 15.2 Å². The fourth-order valence-electron chi connectivity index (χ4n) is 2.06. The number of nitrogen functional groups attached to an aromatic ring is 1. The van der Waals surface area contributed by atoms with Gasteiger partial charge in [0.2, 0.25) is 0 Å². The van der Waals surface area contributed by atoms with Crippen LogP contribution < -0.4 is 16.0 Å². The van der Waals surface area contributed by atoms with E-state index in [0.29, 0.717) is 23.8 Å². The van der Waals surface area contributed by atoms with Crippen molar-refractivity contribution in [3.8, 4) is 0 Å². The number of aromatic nitrogens is 1. The maximum atomic E-state index is 12.2. The molecule has 1 fully saturated rings. The third-order valence-corrected chi connectivity index (χ3v) is 5.09. The average Bonchev–Trinajstić information content (AvgIpc) is 2.81. The summed E-state index contributed by atoms with van der Waals surface area (Å²) in [7, 11) is -0.953. The molecule has 0 bridgehead atoms. The van der Waals surface area contributed by atoms with Crippen LogP contribution in [0.25, 0.3) is 0 Å². The summed E-state index contributed by atoms with van der Waals surface area (Å²) in [4.78, 5) is 18.9. The molecule has 2 heterocycles. The Bertz CT molecular complexity index is 529. The quantitative estimate of drug-likeness (QED) is 0.791. The third kappa shape index (κ3) is 4.39. The van der Waals surface area contributed by atoms with Crippen LogP contribution in [0.1, 0.15) is 16.6 Å². The summed E-state index contributed by atoms with van der Waals surface area (Å²) >= 11 is 1.28. The van der Waals surface area contributed by atoms with Crippen molar-refractivity contribution in [2.24, 2.45) is 0 Å². The standard InChI is InChI=1S/C12H20N4O3S2/c1-8(7-21(2)18)14-11(17)9-10(13)15-12(20-9)16-3-5-19-6-4-16/h8H,3-7,13H2,1-2H3,(H,14,17). The molecule has 7 nitrogen and oxygen atoms in total. The summed E-state index contributed by atoms with van der Waals surface area (Å²) in [5.41, 5.74) is 5.85. The molecule has 1 amide bonds. The highest BCUT2D eigenvalue weighted by Crippen LogP contribution is 2.28. The van der Waals surface area contributed by atoms with Crippen molar-refractivity contribution in [2.75, 3.05) is 48.9 Å². The average molecular weight is 332 g/mol. The number of nitrogens with two attached hydrogens (primary N) is 1. The van der Waals surface area contributed by atoms with E-state index in [1.165, 1.54) is 11.3 Å². The number of anilines is 2. The highest BCUT2D eigenvalue weighted by molar-refractivity contribution is 7.84. The molecule has 0 aromatic carbocycles. The van der Waals surface area contributed by atoms with Crippen LogP contribution in [0, 0.1) is 0 Å². The lowest BCUT2D eigenvalue weighted by Crippen LogP contribution is -2.36. The van der Waals surface area contributed by atoms with Gasteiger partial charge in [0.25, 0.3) is 5.91 Å². The van der Waals surface area contributed by atoms with Gasteiger partial charge in [0.1, 0.15) is 10.7 Å². The van der Waals surface area contributed by atoms with E-state index >= 15 is 0 Å². The Morgan fingerprint density at radius 2 is 2.24 bits per heavy atom. The lowest BCUT2D eigenvalue weighted by atomic mass is 10.3. The van der Waals surface area contributed by atoms with Crippen LogP contribution in [0.5, 0.6) is 0 Å². The maximum absolute atomic E-state index is 12.2. The molecule has 1 aromatic rings. The maximum Gasteiger partial charge on any atom is 0.265 e. The number of morpholine rings is 1. The van der Waals surface area contributed by atoms with E-state index in [0.717, 1.165) is 18.2 Å². The second-order valence-electron chi connectivity index (χ2n) is 4.92. The van der Waals surface area contributed by atoms with Gasteiger partial charge in [-0.25, -0.2) is 4.98 Å². The molecule has 0 spiro atoms. The summed E-state index contributed by atoms with van der Waals surface area (Å²) < 4.78 is 16.4. The fraction of sp³-hybridized carbons (Fsp3) is 0.667. The molecule has 1 aliphatic rings. The van der Waals surface area contributed by atoms with Crippen LogP contribution in [0.2, 0.25) is 0 Å². The Morgan fingerprint density at radius 3 is 2.86 bits per heavy atom. The molecule has 118 valence electrons. The minimum atomic E-state index is -0.953. The molecular weight excluding hydrogens is 312 g/mol. The van der Waals surface area contributed by atoms with Gasteiger partial charge in [-0.15, -0.1) is 0 Å². The zero-order valence-corrected chi connectivity index (χ0v) is 13.8. The summed E-state index contributed by atoms with van der Waals surface area (Å²) in [5.74, 6) is 0.395. The molecule has 3 N–H and O–H groups in total. The minimum absolute atomic E-state index is 0.170. The highest BCUT2D eigenvalue weighted by Gasteiger charge is 2.22. The Kier molecular flexibility index (Phi) is 5.54. The minimum Gasteiger partial charge on any atom is -0.382 e. The first kappa shape index (κ1) is 16.2. The first-order chi connectivity index (χ1) is 9.97. The number of nitrogens with zero attached hydrogens (tertiary/aromatic N) is 2. The van der Waals surface area contributed by atoms with Crippen LogP contribution >= 0.6 is 11.3 Å². The topological polar surface area (TPSA) is 97.5 Å². The van der Waals surface area contributed by atoms with E-state index < -0.39 is 10.8 Å². The first-order valence-corrected chi connectivity index (χ1v) is 9.21. The van der Waals surface area contributed by atoms with Gasteiger partial charge in [-0.1, -0.05) is 11.3 Å². The summed E-state index contributed by atoms with van der Waals surface area (Å²) in [6, 6.07) is -0.170. The molecule has 1 aromatic heterocycles. The number of hydrogen-bond acceptors (Lipinski definition) is 7. The Labute approximate surface area is 130 Å². The van der Waals surface area contributed by atoms with Crippen LogP contribution in [-0.2, 0) is 15.5 Å². The molecule has 9 heteroatoms. The molecule has 1 saturated heterocycles. The van der Waals surface area contributed by atoms with Crippen molar-refractivity contribution in [3.05, 3.63) is 4.88 Å². The van der Waals surface area contributed by atoms with E-state index in [4.69, 9.17) is 10.5 Å². The van der Waals surface area contributed by atoms with E-state index in [9.17, 15) is 9.00 Å². The number of hydrogen-bond donors (Lipinski definition) is 2. The number of rotatable bonds is 5. The van der Waals surface area contributed by atoms with Crippen LogP contribution in [0.4, 0.5) is 10.9 Å². The Balaban J connectivity index is 2.04. The van der Waals surface area contributed by atoms with Crippen molar-refractivity contribution < 1.29 is 13.7 Å². The van der Waals surface area contributed by atoms with Crippen molar-refractivity contribution >= 4 is 39.0 Å². The number of carbonyl (C=O) groups excluding carboxylic acids is 1. The third-order valence-electron chi connectivity index (χ3n) is 2.99. The number of ether oxygens (including phenoxy) is 1. The molecular formula is C12H20N4O3S2. The largest absolute Gasteiger partial charge is 0.382 e. The number of nitrogens with one attached hydrogen (secondary N) is 1. The van der Waals surface area contributed by atoms with E-state index in [1.807, 2.05) is 6.92 Å². The van der Waals surface area contributed by atoms with Crippen LogP contribution in [-0.4, -0.2) is 59.5 Å². The molecule has 2 unspecified atom stereocenters. The normalized spacial score (nSPS) is 18.3. The monoisotopic (exact) mass is 332 g/mol. The van der Waals surface area contributed by atoms with Crippen molar-refractivity contribution in [2.45, 2.75) is 13.0 Å². The number of carbonyl (C=O) groups is 1. The lowest BCUT2D eigenvalue weighted by Gasteiger charge is -2.25. The van der Waals surface area contributed by atoms with Gasteiger partial charge < -0.3 is 20.7 Å². The predicted octanol–water partition coefficient (Wildman–Crippen LogP) is 0.0587. The van der Waals surface area contributed by atoms with Crippen molar-refractivity contribution in [1.82, 2.24) is 10.3 Å². The predicted molar refractivity (Wildman–Crippen MR) is 85.4 cm³/mol. The molecule has 0 aliphatic carbocycles. The molecule has 1 aliphatic heterocycles. The summed E-state index contributed by atoms with van der Waals surface area (Å²) in [6.07, 6.45) is 1.61. The van der Waals surface area contributed by atoms with Gasteiger partial charge in [0.15, 0.2) is 5.13 Å². The van der Waals surface area contributed by atoms with Gasteiger partial charge in [-0.05, 0) is 6.92 Å². The van der Waals surface area contributed by atoms with Gasteiger partial charge in [-0.3, -0.25) is 9.00 Å². The van der Waals surface area contributed by atoms with Gasteiger partial charge >= 0.3 is 0 Å². The zero-order valence-electron chi connectivity index (χ0n) is 12.1. The second-order valence-corrected chi connectivity index (χ2v) is 7.38. The Morgan fingerprint density at radius 1 is 1.57 bits per heavy atom. The second kappa shape index (κ2) is 7.19. The van der Waals surface area contributed by atoms with Gasteiger partial charge in [0.05, 0.1) is 13.2 Å². The van der Waals surface area contributed by atoms with Crippen molar-refractivity contribution in [3.63, 3.8) is 0 Å². The SMILES string of the molecule is CC(CS(C)=O)NC(=O)c1sc(N2CCOCC2)nc1N. The highest BCUT2D eigenvalue weighted by atomic mass is 32.2. The van der Waals surface area contributed by atoms with Crippen LogP contribution in [0.3, 0.4) is 0 Å². The van der Waals surface area contributed by atoms with E-state index in [1.54, 1.807) is 6.26 Å². The van der Waals surface area contributed by atoms with Gasteiger partial charge in [0, 0.05) is 41.9 Å². The first-order valence-electron chi connectivity index (χ1n) is 6.67. The van der Waals surface area contributed by atoms with Gasteiger partial charge in [-0.2, -0.15) is 0 Å².